The highest BCUT2D eigenvalue weighted by Gasteiger charge is 2.11. The summed E-state index contributed by atoms with van der Waals surface area (Å²) in [5, 5.41) is 0. The van der Waals surface area contributed by atoms with E-state index >= 15 is 0 Å². The average Bonchev–Trinajstić information content (AvgIpc) is 2.56. The van der Waals surface area contributed by atoms with Gasteiger partial charge >= 0.3 is 0 Å². The summed E-state index contributed by atoms with van der Waals surface area (Å²) >= 11 is 0. The Hall–Kier alpha value is -1.71. The molecule has 0 radical (unpaired) electrons. The van der Waals surface area contributed by atoms with Crippen molar-refractivity contribution in [3.8, 4) is 0 Å². The van der Waals surface area contributed by atoms with Crippen molar-refractivity contribution in [1.82, 2.24) is 9.88 Å². The maximum atomic E-state index is 5.67. The van der Waals surface area contributed by atoms with E-state index in [4.69, 9.17) is 5.73 Å². The Morgan fingerprint density at radius 2 is 1.50 bits per heavy atom. The number of pyridine rings is 1. The maximum Gasteiger partial charge on any atom is 0.0271 e. The van der Waals surface area contributed by atoms with Crippen molar-refractivity contribution in [2.45, 2.75) is 39.9 Å². The molecule has 0 aliphatic rings. The van der Waals surface area contributed by atoms with E-state index in [1.165, 1.54) is 23.1 Å². The first-order chi connectivity index (χ1) is 10.7. The first kappa shape index (κ1) is 16.7. The van der Waals surface area contributed by atoms with Crippen LogP contribution in [0.1, 0.15) is 37.0 Å². The van der Waals surface area contributed by atoms with Crippen molar-refractivity contribution < 1.29 is 0 Å². The van der Waals surface area contributed by atoms with Crippen LogP contribution < -0.4 is 5.73 Å². The van der Waals surface area contributed by atoms with Gasteiger partial charge in [-0.2, -0.15) is 0 Å². The topological polar surface area (TPSA) is 42.2 Å². The van der Waals surface area contributed by atoms with Crippen molar-refractivity contribution in [2.24, 2.45) is 11.7 Å². The van der Waals surface area contributed by atoms with Crippen LogP contribution in [0.25, 0.3) is 0 Å². The summed E-state index contributed by atoms with van der Waals surface area (Å²) < 4.78 is 0. The molecular formula is C19H27N3. The average molecular weight is 297 g/mol. The second-order valence-electron chi connectivity index (χ2n) is 6.06. The van der Waals surface area contributed by atoms with Gasteiger partial charge in [0.15, 0.2) is 0 Å². The molecule has 0 aliphatic heterocycles. The van der Waals surface area contributed by atoms with E-state index in [1.807, 2.05) is 12.4 Å². The summed E-state index contributed by atoms with van der Waals surface area (Å²) in [6, 6.07) is 12.8. The van der Waals surface area contributed by atoms with Crippen LogP contribution in [0, 0.1) is 5.92 Å². The number of rotatable bonds is 8. The fourth-order valence-electron chi connectivity index (χ4n) is 2.54. The summed E-state index contributed by atoms with van der Waals surface area (Å²) in [4.78, 5) is 6.62. The second-order valence-corrected chi connectivity index (χ2v) is 6.06. The molecule has 0 saturated carbocycles. The van der Waals surface area contributed by atoms with Crippen LogP contribution in [0.15, 0.2) is 48.8 Å². The van der Waals surface area contributed by atoms with Crippen molar-refractivity contribution in [2.75, 3.05) is 6.54 Å². The van der Waals surface area contributed by atoms with Gasteiger partial charge in [-0.15, -0.1) is 0 Å². The van der Waals surface area contributed by atoms with Gasteiger partial charge in [0, 0.05) is 38.6 Å². The Labute approximate surface area is 134 Å². The van der Waals surface area contributed by atoms with Gasteiger partial charge in [0.25, 0.3) is 0 Å². The van der Waals surface area contributed by atoms with E-state index in [1.54, 1.807) is 0 Å². The highest BCUT2D eigenvalue weighted by atomic mass is 15.1. The molecule has 1 atom stereocenters. The highest BCUT2D eigenvalue weighted by Crippen LogP contribution is 2.14. The Morgan fingerprint density at radius 1 is 0.955 bits per heavy atom. The standard InChI is InChI=1S/C19H27N3/c1-3-16(2)13-22(15-19-8-10-21-11-9-19)14-18-6-4-17(12-20)5-7-18/h4-11,16H,3,12-15,20H2,1-2H3. The first-order valence-corrected chi connectivity index (χ1v) is 8.10. The summed E-state index contributed by atoms with van der Waals surface area (Å²) in [6.45, 7) is 8.22. The molecule has 1 aromatic carbocycles. The molecule has 118 valence electrons. The Balaban J connectivity index is 2.05. The van der Waals surface area contributed by atoms with Crippen LogP contribution in [0.4, 0.5) is 0 Å². The minimum absolute atomic E-state index is 0.605. The van der Waals surface area contributed by atoms with Gasteiger partial charge < -0.3 is 5.73 Å². The Morgan fingerprint density at radius 3 is 2.05 bits per heavy atom. The molecule has 1 aromatic heterocycles. The molecule has 1 heterocycles. The molecule has 0 saturated heterocycles. The quantitative estimate of drug-likeness (QED) is 0.809. The van der Waals surface area contributed by atoms with Crippen molar-refractivity contribution in [1.29, 1.82) is 0 Å². The Kier molecular flexibility index (Phi) is 6.56. The van der Waals surface area contributed by atoms with E-state index < -0.39 is 0 Å². The third kappa shape index (κ3) is 5.24. The van der Waals surface area contributed by atoms with E-state index in [2.05, 4.69) is 60.1 Å². The monoisotopic (exact) mass is 297 g/mol. The summed E-state index contributed by atoms with van der Waals surface area (Å²) in [7, 11) is 0. The third-order valence-corrected chi connectivity index (χ3v) is 4.09. The van der Waals surface area contributed by atoms with E-state index in [9.17, 15) is 0 Å². The number of benzene rings is 1. The molecule has 0 amide bonds. The fourth-order valence-corrected chi connectivity index (χ4v) is 2.54. The molecule has 3 nitrogen and oxygen atoms in total. The van der Waals surface area contributed by atoms with Gasteiger partial charge in [0.05, 0.1) is 0 Å². The lowest BCUT2D eigenvalue weighted by Gasteiger charge is -2.25. The summed E-state index contributed by atoms with van der Waals surface area (Å²) in [5.74, 6) is 0.699. The molecule has 2 rings (SSSR count). The molecule has 2 aromatic rings. The maximum absolute atomic E-state index is 5.67. The van der Waals surface area contributed by atoms with Gasteiger partial charge in [-0.3, -0.25) is 9.88 Å². The predicted octanol–water partition coefficient (Wildman–Crippen LogP) is 3.59. The Bertz CT molecular complexity index is 536. The van der Waals surface area contributed by atoms with Crippen LogP contribution in [-0.4, -0.2) is 16.4 Å². The molecule has 3 heteroatoms. The highest BCUT2D eigenvalue weighted by molar-refractivity contribution is 5.22. The molecule has 0 bridgehead atoms. The second kappa shape index (κ2) is 8.66. The minimum Gasteiger partial charge on any atom is -0.326 e. The normalized spacial score (nSPS) is 12.5. The lowest BCUT2D eigenvalue weighted by molar-refractivity contribution is 0.218. The molecule has 22 heavy (non-hydrogen) atoms. The molecule has 0 spiro atoms. The lowest BCUT2D eigenvalue weighted by Crippen LogP contribution is -2.27. The van der Waals surface area contributed by atoms with Crippen LogP contribution in [0.5, 0.6) is 0 Å². The van der Waals surface area contributed by atoms with Crippen LogP contribution in [0.3, 0.4) is 0 Å². The zero-order valence-electron chi connectivity index (χ0n) is 13.7. The number of aromatic nitrogens is 1. The van der Waals surface area contributed by atoms with E-state index in [0.717, 1.165) is 19.6 Å². The zero-order valence-corrected chi connectivity index (χ0v) is 13.7. The van der Waals surface area contributed by atoms with Crippen molar-refractivity contribution in [3.05, 3.63) is 65.5 Å². The van der Waals surface area contributed by atoms with Crippen molar-refractivity contribution >= 4 is 0 Å². The van der Waals surface area contributed by atoms with Gasteiger partial charge in [0.1, 0.15) is 0 Å². The largest absolute Gasteiger partial charge is 0.326 e. The van der Waals surface area contributed by atoms with Gasteiger partial charge in [-0.25, -0.2) is 0 Å². The summed E-state index contributed by atoms with van der Waals surface area (Å²) in [5.41, 5.74) is 9.52. The minimum atomic E-state index is 0.605. The van der Waals surface area contributed by atoms with E-state index in [0.29, 0.717) is 12.5 Å². The summed E-state index contributed by atoms with van der Waals surface area (Å²) in [6.07, 6.45) is 4.94. The van der Waals surface area contributed by atoms with Crippen LogP contribution in [0.2, 0.25) is 0 Å². The predicted molar refractivity (Wildman–Crippen MR) is 92.1 cm³/mol. The first-order valence-electron chi connectivity index (χ1n) is 8.10. The molecule has 2 N–H and O–H groups in total. The fraction of sp³-hybridized carbons (Fsp3) is 0.421. The zero-order chi connectivity index (χ0) is 15.8. The number of nitrogens with two attached hydrogens (primary N) is 1. The van der Waals surface area contributed by atoms with Crippen LogP contribution >= 0.6 is 0 Å². The van der Waals surface area contributed by atoms with Crippen molar-refractivity contribution in [3.63, 3.8) is 0 Å². The number of nitrogens with zero attached hydrogens (tertiary/aromatic N) is 2. The van der Waals surface area contributed by atoms with E-state index in [-0.39, 0.29) is 0 Å². The van der Waals surface area contributed by atoms with Gasteiger partial charge in [-0.05, 0) is 34.7 Å². The van der Waals surface area contributed by atoms with Crippen LogP contribution in [-0.2, 0) is 19.6 Å². The molecule has 0 aliphatic carbocycles. The smallest absolute Gasteiger partial charge is 0.0271 e. The SMILES string of the molecule is CCC(C)CN(Cc1ccncc1)Cc1ccc(CN)cc1. The van der Waals surface area contributed by atoms with Gasteiger partial charge in [-0.1, -0.05) is 44.5 Å². The van der Waals surface area contributed by atoms with Gasteiger partial charge in [0.2, 0.25) is 0 Å². The third-order valence-electron chi connectivity index (χ3n) is 4.09. The lowest BCUT2D eigenvalue weighted by atomic mass is 10.1. The number of hydrogen-bond acceptors (Lipinski definition) is 3. The molecular weight excluding hydrogens is 270 g/mol. The number of hydrogen-bond donors (Lipinski definition) is 1. The molecule has 1 unspecified atom stereocenters. The molecule has 0 fully saturated rings.